The van der Waals surface area contributed by atoms with E-state index in [-0.39, 0.29) is 30.4 Å². The fraction of sp³-hybridized carbons (Fsp3) is 0.333. The SMILES string of the molecule is COCC(O)Cc1nc(-c2cccc([N+](=O)[O-])c2)no1. The second kappa shape index (κ2) is 6.22. The van der Waals surface area contributed by atoms with E-state index in [2.05, 4.69) is 10.1 Å². The van der Waals surface area contributed by atoms with E-state index < -0.39 is 11.0 Å². The number of aliphatic hydroxyl groups excluding tert-OH is 1. The van der Waals surface area contributed by atoms with Gasteiger partial charge in [-0.2, -0.15) is 4.98 Å². The second-order valence-electron chi connectivity index (χ2n) is 4.13. The molecule has 8 heteroatoms. The Balaban J connectivity index is 2.16. The van der Waals surface area contributed by atoms with Crippen molar-refractivity contribution in [3.8, 4) is 11.4 Å². The Morgan fingerprint density at radius 3 is 3.05 bits per heavy atom. The van der Waals surface area contributed by atoms with Crippen LogP contribution in [0.1, 0.15) is 5.89 Å². The molecule has 0 saturated heterocycles. The zero-order valence-electron chi connectivity index (χ0n) is 10.7. The van der Waals surface area contributed by atoms with Gasteiger partial charge in [-0.25, -0.2) is 0 Å². The molecule has 0 spiro atoms. The molecule has 1 N–H and O–H groups in total. The van der Waals surface area contributed by atoms with Crippen molar-refractivity contribution in [3.63, 3.8) is 0 Å². The standard InChI is InChI=1S/C12H13N3O5/c1-19-7-10(16)6-11-13-12(14-20-11)8-3-2-4-9(5-8)15(17)18/h2-5,10,16H,6-7H2,1H3. The molecule has 2 aromatic rings. The van der Waals surface area contributed by atoms with Gasteiger partial charge in [-0.1, -0.05) is 17.3 Å². The lowest BCUT2D eigenvalue weighted by Crippen LogP contribution is -2.17. The minimum Gasteiger partial charge on any atom is -0.390 e. The van der Waals surface area contributed by atoms with Gasteiger partial charge in [0.15, 0.2) is 0 Å². The molecule has 0 aliphatic rings. The molecule has 0 aliphatic carbocycles. The van der Waals surface area contributed by atoms with Crippen LogP contribution in [0.2, 0.25) is 0 Å². The summed E-state index contributed by atoms with van der Waals surface area (Å²) in [6.45, 7) is 0.161. The number of non-ortho nitro benzene ring substituents is 1. The van der Waals surface area contributed by atoms with Crippen molar-refractivity contribution in [2.75, 3.05) is 13.7 Å². The van der Waals surface area contributed by atoms with Crippen LogP contribution in [0.5, 0.6) is 0 Å². The van der Waals surface area contributed by atoms with Crippen LogP contribution in [0, 0.1) is 10.1 Å². The first kappa shape index (κ1) is 14.1. The zero-order valence-corrected chi connectivity index (χ0v) is 10.7. The van der Waals surface area contributed by atoms with Gasteiger partial charge in [0, 0.05) is 24.8 Å². The van der Waals surface area contributed by atoms with E-state index in [1.165, 1.54) is 19.2 Å². The topological polar surface area (TPSA) is 112 Å². The number of methoxy groups -OCH3 is 1. The number of aromatic nitrogens is 2. The van der Waals surface area contributed by atoms with Gasteiger partial charge in [0.2, 0.25) is 11.7 Å². The molecular formula is C12H13N3O5. The summed E-state index contributed by atoms with van der Waals surface area (Å²) in [6.07, 6.45) is -0.575. The summed E-state index contributed by atoms with van der Waals surface area (Å²) in [5.41, 5.74) is 0.434. The highest BCUT2D eigenvalue weighted by Gasteiger charge is 2.15. The summed E-state index contributed by atoms with van der Waals surface area (Å²) in [6, 6.07) is 5.93. The minimum absolute atomic E-state index is 0.0479. The molecule has 1 heterocycles. The Labute approximate surface area is 114 Å². The zero-order chi connectivity index (χ0) is 14.5. The van der Waals surface area contributed by atoms with Gasteiger partial charge in [-0.3, -0.25) is 10.1 Å². The van der Waals surface area contributed by atoms with Gasteiger partial charge in [-0.15, -0.1) is 0 Å². The van der Waals surface area contributed by atoms with E-state index in [0.29, 0.717) is 5.56 Å². The van der Waals surface area contributed by atoms with Crippen molar-refractivity contribution < 1.29 is 19.3 Å². The second-order valence-corrected chi connectivity index (χ2v) is 4.13. The van der Waals surface area contributed by atoms with Crippen LogP contribution in [0.25, 0.3) is 11.4 Å². The molecule has 1 aromatic heterocycles. The van der Waals surface area contributed by atoms with Gasteiger partial charge in [0.25, 0.3) is 5.69 Å². The van der Waals surface area contributed by atoms with E-state index in [0.717, 1.165) is 0 Å². The molecule has 0 radical (unpaired) electrons. The van der Waals surface area contributed by atoms with Gasteiger partial charge < -0.3 is 14.4 Å². The maximum Gasteiger partial charge on any atom is 0.270 e. The number of rotatable bonds is 6. The highest BCUT2D eigenvalue weighted by atomic mass is 16.6. The molecule has 106 valence electrons. The van der Waals surface area contributed by atoms with E-state index in [9.17, 15) is 15.2 Å². The average molecular weight is 279 g/mol. The van der Waals surface area contributed by atoms with E-state index >= 15 is 0 Å². The fourth-order valence-electron chi connectivity index (χ4n) is 1.67. The molecule has 1 atom stereocenters. The van der Waals surface area contributed by atoms with Crippen LogP contribution in [-0.4, -0.2) is 40.0 Å². The first-order valence-electron chi connectivity index (χ1n) is 5.84. The summed E-state index contributed by atoms with van der Waals surface area (Å²) in [5, 5.41) is 24.0. The molecule has 20 heavy (non-hydrogen) atoms. The van der Waals surface area contributed by atoms with Crippen LogP contribution >= 0.6 is 0 Å². The number of ether oxygens (including phenoxy) is 1. The van der Waals surface area contributed by atoms with Gasteiger partial charge in [-0.05, 0) is 0 Å². The Morgan fingerprint density at radius 1 is 1.55 bits per heavy atom. The molecule has 1 aromatic carbocycles. The summed E-state index contributed by atoms with van der Waals surface area (Å²) in [4.78, 5) is 14.3. The lowest BCUT2D eigenvalue weighted by Gasteiger charge is -2.04. The number of aliphatic hydroxyl groups is 1. The average Bonchev–Trinajstić information content (AvgIpc) is 2.87. The summed E-state index contributed by atoms with van der Waals surface area (Å²) in [5.74, 6) is 0.490. The first-order valence-corrected chi connectivity index (χ1v) is 5.84. The fourth-order valence-corrected chi connectivity index (χ4v) is 1.67. The Morgan fingerprint density at radius 2 is 2.35 bits per heavy atom. The number of nitro benzene ring substituents is 1. The maximum atomic E-state index is 10.7. The molecule has 0 bridgehead atoms. The Bertz CT molecular complexity index is 598. The van der Waals surface area contributed by atoms with Crippen molar-refractivity contribution in [2.45, 2.75) is 12.5 Å². The largest absolute Gasteiger partial charge is 0.390 e. The first-order chi connectivity index (χ1) is 9.60. The van der Waals surface area contributed by atoms with E-state index in [4.69, 9.17) is 9.26 Å². The van der Waals surface area contributed by atoms with Crippen LogP contribution in [0.3, 0.4) is 0 Å². The molecule has 1 unspecified atom stereocenters. The molecule has 8 nitrogen and oxygen atoms in total. The normalized spacial score (nSPS) is 12.3. The quantitative estimate of drug-likeness (QED) is 0.624. The van der Waals surface area contributed by atoms with Gasteiger partial charge in [0.05, 0.1) is 24.1 Å². The summed E-state index contributed by atoms with van der Waals surface area (Å²) in [7, 11) is 1.48. The molecule has 2 rings (SSSR count). The highest BCUT2D eigenvalue weighted by Crippen LogP contribution is 2.21. The van der Waals surface area contributed by atoms with Crippen LogP contribution in [-0.2, 0) is 11.2 Å². The number of hydrogen-bond acceptors (Lipinski definition) is 7. The van der Waals surface area contributed by atoms with Crippen molar-refractivity contribution in [1.82, 2.24) is 10.1 Å². The van der Waals surface area contributed by atoms with E-state index in [1.807, 2.05) is 0 Å². The third kappa shape index (κ3) is 3.37. The lowest BCUT2D eigenvalue weighted by molar-refractivity contribution is -0.384. The number of nitrogens with zero attached hydrogens (tertiary/aromatic N) is 3. The predicted molar refractivity (Wildman–Crippen MR) is 68.0 cm³/mol. The monoisotopic (exact) mass is 279 g/mol. The van der Waals surface area contributed by atoms with Gasteiger partial charge >= 0.3 is 0 Å². The van der Waals surface area contributed by atoms with Gasteiger partial charge in [0.1, 0.15) is 0 Å². The highest BCUT2D eigenvalue weighted by molar-refractivity contribution is 5.58. The Kier molecular flexibility index (Phi) is 4.38. The van der Waals surface area contributed by atoms with Crippen molar-refractivity contribution in [3.05, 3.63) is 40.3 Å². The predicted octanol–water partition coefficient (Wildman–Crippen LogP) is 1.19. The van der Waals surface area contributed by atoms with E-state index in [1.54, 1.807) is 12.1 Å². The molecule has 0 saturated carbocycles. The molecule has 0 fully saturated rings. The van der Waals surface area contributed by atoms with Crippen LogP contribution in [0.15, 0.2) is 28.8 Å². The lowest BCUT2D eigenvalue weighted by atomic mass is 10.2. The Hall–Kier alpha value is -2.32. The van der Waals surface area contributed by atoms with Crippen molar-refractivity contribution in [1.29, 1.82) is 0 Å². The summed E-state index contributed by atoms with van der Waals surface area (Å²) >= 11 is 0. The molecule has 0 amide bonds. The van der Waals surface area contributed by atoms with Crippen LogP contribution < -0.4 is 0 Å². The smallest absolute Gasteiger partial charge is 0.270 e. The maximum absolute atomic E-state index is 10.7. The van der Waals surface area contributed by atoms with Crippen molar-refractivity contribution >= 4 is 5.69 Å². The van der Waals surface area contributed by atoms with Crippen LogP contribution in [0.4, 0.5) is 5.69 Å². The van der Waals surface area contributed by atoms with Crippen molar-refractivity contribution in [2.24, 2.45) is 0 Å². The number of hydrogen-bond donors (Lipinski definition) is 1. The third-order valence-corrected chi connectivity index (χ3v) is 2.55. The minimum atomic E-state index is -0.738. The molecule has 0 aliphatic heterocycles. The summed E-state index contributed by atoms with van der Waals surface area (Å²) < 4.78 is 9.78. The number of nitro groups is 1. The molecular weight excluding hydrogens is 266 g/mol. The third-order valence-electron chi connectivity index (χ3n) is 2.55. The number of benzene rings is 1.